The van der Waals surface area contributed by atoms with E-state index in [2.05, 4.69) is 17.4 Å². The van der Waals surface area contributed by atoms with E-state index in [-0.39, 0.29) is 11.3 Å². The average molecular weight is 210 g/mol. The molecule has 5 nitrogen and oxygen atoms in total. The molecule has 15 heavy (non-hydrogen) atoms. The van der Waals surface area contributed by atoms with E-state index in [1.165, 1.54) is 6.20 Å². The molecule has 82 valence electrons. The molecule has 0 aromatic carbocycles. The highest BCUT2D eigenvalue weighted by molar-refractivity contribution is 5.94. The van der Waals surface area contributed by atoms with E-state index in [0.29, 0.717) is 31.1 Å². The first-order valence-corrected chi connectivity index (χ1v) is 4.88. The Labute approximate surface area is 87.8 Å². The molecule has 0 spiro atoms. The number of nitrogens with one attached hydrogen (secondary N) is 1. The summed E-state index contributed by atoms with van der Waals surface area (Å²) in [5, 5.41) is 6.41. The van der Waals surface area contributed by atoms with Gasteiger partial charge in [0.2, 0.25) is 0 Å². The Kier molecular flexibility index (Phi) is 2.48. The van der Waals surface area contributed by atoms with Gasteiger partial charge in [0.25, 0.3) is 5.91 Å². The van der Waals surface area contributed by atoms with Gasteiger partial charge in [-0.2, -0.15) is 0 Å². The molecule has 0 unspecified atom stereocenters. The van der Waals surface area contributed by atoms with Gasteiger partial charge in [0.15, 0.2) is 0 Å². The van der Waals surface area contributed by atoms with E-state index in [0.717, 1.165) is 0 Å². The number of nitrogens with zero attached hydrogens (tertiary/aromatic N) is 1. The molecule has 1 aliphatic rings. The van der Waals surface area contributed by atoms with Crippen LogP contribution in [-0.2, 0) is 4.74 Å². The number of carbonyl (C=O) groups excluding carboxylic acids is 1. The lowest BCUT2D eigenvalue weighted by atomic mass is 9.89. The lowest BCUT2D eigenvalue weighted by Crippen LogP contribution is -2.48. The van der Waals surface area contributed by atoms with Crippen LogP contribution in [0.3, 0.4) is 0 Å². The first kappa shape index (κ1) is 10.2. The first-order valence-electron chi connectivity index (χ1n) is 4.88. The van der Waals surface area contributed by atoms with E-state index >= 15 is 0 Å². The second kappa shape index (κ2) is 3.66. The summed E-state index contributed by atoms with van der Waals surface area (Å²) in [5.74, 6) is 0.407. The fraction of sp³-hybridized carbons (Fsp3) is 0.600. The van der Waals surface area contributed by atoms with Crippen LogP contribution in [0.25, 0.3) is 0 Å². The highest BCUT2D eigenvalue weighted by atomic mass is 16.5. The summed E-state index contributed by atoms with van der Waals surface area (Å²) in [6, 6.07) is 0. The Morgan fingerprint density at radius 3 is 2.87 bits per heavy atom. The van der Waals surface area contributed by atoms with E-state index < -0.39 is 0 Å². The molecule has 0 saturated carbocycles. The second-order valence-electron chi connectivity index (χ2n) is 4.28. The van der Waals surface area contributed by atoms with E-state index in [4.69, 9.17) is 9.26 Å². The second-order valence-corrected chi connectivity index (χ2v) is 4.28. The maximum Gasteiger partial charge on any atom is 0.256 e. The van der Waals surface area contributed by atoms with Crippen LogP contribution in [0.4, 0.5) is 0 Å². The van der Waals surface area contributed by atoms with Crippen molar-refractivity contribution in [2.24, 2.45) is 5.41 Å². The van der Waals surface area contributed by atoms with Crippen molar-refractivity contribution in [1.82, 2.24) is 10.5 Å². The number of rotatable bonds is 3. The molecule has 0 atom stereocenters. The Hall–Kier alpha value is -1.36. The zero-order valence-electron chi connectivity index (χ0n) is 8.87. The van der Waals surface area contributed by atoms with Gasteiger partial charge < -0.3 is 14.6 Å². The van der Waals surface area contributed by atoms with E-state index in [9.17, 15) is 4.79 Å². The molecule has 2 heterocycles. The predicted molar refractivity (Wildman–Crippen MR) is 52.5 cm³/mol. The Bertz CT molecular complexity index is 368. The van der Waals surface area contributed by atoms with Crippen LogP contribution in [0.2, 0.25) is 0 Å². The summed E-state index contributed by atoms with van der Waals surface area (Å²) in [4.78, 5) is 11.7. The van der Waals surface area contributed by atoms with Gasteiger partial charge in [0.1, 0.15) is 11.3 Å². The topological polar surface area (TPSA) is 64.4 Å². The van der Waals surface area contributed by atoms with Gasteiger partial charge >= 0.3 is 0 Å². The van der Waals surface area contributed by atoms with Crippen molar-refractivity contribution < 1.29 is 14.1 Å². The summed E-state index contributed by atoms with van der Waals surface area (Å²) in [6.07, 6.45) is 1.43. The minimum atomic E-state index is -0.137. The smallest absolute Gasteiger partial charge is 0.256 e. The normalized spacial score (nSPS) is 18.3. The molecular weight excluding hydrogens is 196 g/mol. The molecule has 2 rings (SSSR count). The molecule has 1 fully saturated rings. The molecule has 1 saturated heterocycles. The first-order chi connectivity index (χ1) is 7.11. The molecule has 1 N–H and O–H groups in total. The van der Waals surface area contributed by atoms with Crippen molar-refractivity contribution in [3.63, 3.8) is 0 Å². The molecule has 1 aromatic rings. The summed E-state index contributed by atoms with van der Waals surface area (Å²) < 4.78 is 9.92. The molecule has 5 heteroatoms. The van der Waals surface area contributed by atoms with Crippen molar-refractivity contribution >= 4 is 5.91 Å². The van der Waals surface area contributed by atoms with Crippen molar-refractivity contribution in [2.75, 3.05) is 19.8 Å². The van der Waals surface area contributed by atoms with E-state index in [1.54, 1.807) is 6.92 Å². The zero-order valence-corrected chi connectivity index (χ0v) is 8.87. The van der Waals surface area contributed by atoms with Crippen LogP contribution in [0.5, 0.6) is 0 Å². The van der Waals surface area contributed by atoms with Crippen LogP contribution in [0, 0.1) is 12.3 Å². The average Bonchev–Trinajstić information content (AvgIpc) is 2.58. The molecule has 0 aliphatic carbocycles. The number of carbonyl (C=O) groups is 1. The van der Waals surface area contributed by atoms with Crippen molar-refractivity contribution in [3.05, 3.63) is 17.5 Å². The molecule has 1 aromatic heterocycles. The summed E-state index contributed by atoms with van der Waals surface area (Å²) in [5.41, 5.74) is 0.583. The highest BCUT2D eigenvalue weighted by Crippen LogP contribution is 2.25. The van der Waals surface area contributed by atoms with Gasteiger partial charge in [-0.15, -0.1) is 0 Å². The number of hydrogen-bond donors (Lipinski definition) is 1. The molecule has 0 bridgehead atoms. The van der Waals surface area contributed by atoms with Crippen LogP contribution in [-0.4, -0.2) is 30.8 Å². The number of aryl methyl sites for hydroxylation is 1. The minimum Gasteiger partial charge on any atom is -0.380 e. The Balaban J connectivity index is 1.90. The molecular formula is C10H14N2O3. The summed E-state index contributed by atoms with van der Waals surface area (Å²) in [7, 11) is 0. The number of hydrogen-bond acceptors (Lipinski definition) is 4. The summed E-state index contributed by atoms with van der Waals surface area (Å²) >= 11 is 0. The third-order valence-electron chi connectivity index (χ3n) is 2.57. The van der Waals surface area contributed by atoms with Gasteiger partial charge in [-0.05, 0) is 6.92 Å². The van der Waals surface area contributed by atoms with Gasteiger partial charge in [0.05, 0.1) is 19.4 Å². The number of ether oxygens (including phenoxy) is 1. The predicted octanol–water partition coefficient (Wildman–Crippen LogP) is 0.749. The van der Waals surface area contributed by atoms with Gasteiger partial charge in [-0.1, -0.05) is 12.1 Å². The standard InChI is InChI=1S/C10H14N2O3/c1-7-8(3-12-15-7)9(13)11-4-10(2)5-14-6-10/h3H,4-6H2,1-2H3,(H,11,13). The quantitative estimate of drug-likeness (QED) is 0.799. The zero-order chi connectivity index (χ0) is 10.9. The lowest BCUT2D eigenvalue weighted by Gasteiger charge is -2.37. The van der Waals surface area contributed by atoms with Crippen molar-refractivity contribution in [2.45, 2.75) is 13.8 Å². The maximum absolute atomic E-state index is 11.7. The Morgan fingerprint density at radius 2 is 2.40 bits per heavy atom. The fourth-order valence-corrected chi connectivity index (χ4v) is 1.46. The Morgan fingerprint density at radius 1 is 1.67 bits per heavy atom. The third-order valence-corrected chi connectivity index (χ3v) is 2.57. The lowest BCUT2D eigenvalue weighted by molar-refractivity contribution is -0.0978. The minimum absolute atomic E-state index is 0.0841. The number of amides is 1. The van der Waals surface area contributed by atoms with Gasteiger partial charge in [-0.3, -0.25) is 4.79 Å². The van der Waals surface area contributed by atoms with Crippen molar-refractivity contribution in [1.29, 1.82) is 0 Å². The SMILES string of the molecule is Cc1oncc1C(=O)NCC1(C)COC1. The van der Waals surface area contributed by atoms with Crippen LogP contribution in [0.1, 0.15) is 23.0 Å². The fourth-order valence-electron chi connectivity index (χ4n) is 1.46. The van der Waals surface area contributed by atoms with Crippen LogP contribution in [0.15, 0.2) is 10.7 Å². The summed E-state index contributed by atoms with van der Waals surface area (Å²) in [6.45, 7) is 5.83. The molecule has 1 aliphatic heterocycles. The maximum atomic E-state index is 11.7. The van der Waals surface area contributed by atoms with Crippen molar-refractivity contribution in [3.8, 4) is 0 Å². The highest BCUT2D eigenvalue weighted by Gasteiger charge is 2.33. The third kappa shape index (κ3) is 2.02. The molecule has 1 amide bonds. The van der Waals surface area contributed by atoms with Gasteiger partial charge in [-0.25, -0.2) is 0 Å². The monoisotopic (exact) mass is 210 g/mol. The van der Waals surface area contributed by atoms with Crippen LogP contribution < -0.4 is 5.32 Å². The van der Waals surface area contributed by atoms with Gasteiger partial charge in [0, 0.05) is 12.0 Å². The molecule has 0 radical (unpaired) electrons. The van der Waals surface area contributed by atoms with E-state index in [1.807, 2.05) is 0 Å². The number of aromatic nitrogens is 1. The van der Waals surface area contributed by atoms with Crippen LogP contribution >= 0.6 is 0 Å². The largest absolute Gasteiger partial charge is 0.380 e.